The Labute approximate surface area is 76.6 Å². The van der Waals surface area contributed by atoms with Gasteiger partial charge in [-0.2, -0.15) is 0 Å². The zero-order valence-electron chi connectivity index (χ0n) is 7.32. The van der Waals surface area contributed by atoms with Gasteiger partial charge in [0.25, 0.3) is 0 Å². The van der Waals surface area contributed by atoms with Gasteiger partial charge in [-0.15, -0.1) is 0 Å². The first kappa shape index (κ1) is 9.77. The molecule has 1 rings (SSSR count). The predicted octanol–water partition coefficient (Wildman–Crippen LogP) is 0.542. The summed E-state index contributed by atoms with van der Waals surface area (Å²) in [4.78, 5) is 21.4. The first-order valence-electron chi connectivity index (χ1n) is 4.29. The van der Waals surface area contributed by atoms with Crippen molar-refractivity contribution in [1.29, 1.82) is 0 Å². The minimum atomic E-state index is -0.768. The van der Waals surface area contributed by atoms with E-state index in [4.69, 9.17) is 5.11 Å². The van der Waals surface area contributed by atoms with E-state index in [2.05, 4.69) is 11.9 Å². The topological polar surface area (TPSA) is 66.4 Å². The average Bonchev–Trinajstić information content (AvgIpc) is 2.52. The number of carbonyl (C=O) groups is 2. The highest BCUT2D eigenvalue weighted by molar-refractivity contribution is 5.87. The van der Waals surface area contributed by atoms with Gasteiger partial charge in [0.2, 0.25) is 5.91 Å². The van der Waals surface area contributed by atoms with E-state index in [1.165, 1.54) is 6.08 Å². The van der Waals surface area contributed by atoms with Gasteiger partial charge in [-0.3, -0.25) is 9.59 Å². The lowest BCUT2D eigenvalue weighted by molar-refractivity contribution is -0.141. The third kappa shape index (κ3) is 2.57. The van der Waals surface area contributed by atoms with E-state index < -0.39 is 5.97 Å². The van der Waals surface area contributed by atoms with E-state index in [1.807, 2.05) is 0 Å². The Morgan fingerprint density at radius 1 is 1.46 bits per heavy atom. The number of amides is 1. The zero-order chi connectivity index (χ0) is 9.84. The normalized spacial score (nSPS) is 26.8. The zero-order valence-corrected chi connectivity index (χ0v) is 7.32. The first-order chi connectivity index (χ1) is 6.13. The van der Waals surface area contributed by atoms with Crippen molar-refractivity contribution in [2.45, 2.75) is 25.3 Å². The molecule has 0 aromatic rings. The minimum Gasteiger partial charge on any atom is -0.481 e. The molecule has 0 aliphatic heterocycles. The van der Waals surface area contributed by atoms with Gasteiger partial charge in [0.05, 0.1) is 5.92 Å². The SMILES string of the molecule is C=CC(=O)NC1CCC(C(=O)O)C1. The maximum atomic E-state index is 10.9. The van der Waals surface area contributed by atoms with Crippen molar-refractivity contribution in [2.24, 2.45) is 5.92 Å². The van der Waals surface area contributed by atoms with Crippen LogP contribution in [0.5, 0.6) is 0 Å². The van der Waals surface area contributed by atoms with E-state index in [9.17, 15) is 9.59 Å². The lowest BCUT2D eigenvalue weighted by Gasteiger charge is -2.09. The van der Waals surface area contributed by atoms with Gasteiger partial charge in [0, 0.05) is 6.04 Å². The third-order valence-electron chi connectivity index (χ3n) is 2.31. The van der Waals surface area contributed by atoms with Crippen LogP contribution >= 0.6 is 0 Å². The molecule has 0 radical (unpaired) electrons. The van der Waals surface area contributed by atoms with Crippen LogP contribution in [-0.4, -0.2) is 23.0 Å². The highest BCUT2D eigenvalue weighted by atomic mass is 16.4. The van der Waals surface area contributed by atoms with Crippen LogP contribution in [0, 0.1) is 5.92 Å². The van der Waals surface area contributed by atoms with Gasteiger partial charge < -0.3 is 10.4 Å². The number of rotatable bonds is 3. The summed E-state index contributed by atoms with van der Waals surface area (Å²) in [6, 6.07) is 0.00611. The molecule has 1 aliphatic carbocycles. The molecule has 72 valence electrons. The average molecular weight is 183 g/mol. The van der Waals surface area contributed by atoms with Gasteiger partial charge >= 0.3 is 5.97 Å². The summed E-state index contributed by atoms with van der Waals surface area (Å²) in [5.41, 5.74) is 0. The smallest absolute Gasteiger partial charge is 0.306 e. The number of nitrogens with one attached hydrogen (secondary N) is 1. The molecule has 0 aromatic heterocycles. The Morgan fingerprint density at radius 3 is 2.62 bits per heavy atom. The van der Waals surface area contributed by atoms with E-state index in [0.717, 1.165) is 6.42 Å². The molecule has 0 saturated heterocycles. The summed E-state index contributed by atoms with van der Waals surface area (Å²) in [6.45, 7) is 3.33. The Hall–Kier alpha value is -1.32. The van der Waals surface area contributed by atoms with E-state index in [-0.39, 0.29) is 17.9 Å². The fourth-order valence-corrected chi connectivity index (χ4v) is 1.60. The van der Waals surface area contributed by atoms with Crippen LogP contribution in [-0.2, 0) is 9.59 Å². The standard InChI is InChI=1S/C9H13NO3/c1-2-8(11)10-7-4-3-6(5-7)9(12)13/h2,6-7H,1,3-5H2,(H,10,11)(H,12,13). The molecule has 1 fully saturated rings. The van der Waals surface area contributed by atoms with Gasteiger partial charge in [-0.1, -0.05) is 6.58 Å². The quantitative estimate of drug-likeness (QED) is 0.627. The van der Waals surface area contributed by atoms with Crippen molar-refractivity contribution < 1.29 is 14.7 Å². The Balaban J connectivity index is 2.37. The van der Waals surface area contributed by atoms with Crippen molar-refractivity contribution in [3.05, 3.63) is 12.7 Å². The largest absolute Gasteiger partial charge is 0.481 e. The van der Waals surface area contributed by atoms with Gasteiger partial charge in [0.15, 0.2) is 0 Å². The number of aliphatic carboxylic acids is 1. The van der Waals surface area contributed by atoms with Crippen molar-refractivity contribution in [3.8, 4) is 0 Å². The summed E-state index contributed by atoms with van der Waals surface area (Å²) in [5, 5.41) is 11.4. The van der Waals surface area contributed by atoms with Crippen molar-refractivity contribution in [3.63, 3.8) is 0 Å². The summed E-state index contributed by atoms with van der Waals surface area (Å²) >= 11 is 0. The maximum Gasteiger partial charge on any atom is 0.306 e. The monoisotopic (exact) mass is 183 g/mol. The molecule has 1 saturated carbocycles. The molecule has 0 bridgehead atoms. The number of carbonyl (C=O) groups excluding carboxylic acids is 1. The highest BCUT2D eigenvalue weighted by Crippen LogP contribution is 2.25. The molecular weight excluding hydrogens is 170 g/mol. The fourth-order valence-electron chi connectivity index (χ4n) is 1.60. The lowest BCUT2D eigenvalue weighted by Crippen LogP contribution is -2.31. The predicted molar refractivity (Wildman–Crippen MR) is 47.1 cm³/mol. The van der Waals surface area contributed by atoms with Crippen LogP contribution in [0.25, 0.3) is 0 Å². The van der Waals surface area contributed by atoms with Crippen LogP contribution in [0.4, 0.5) is 0 Å². The van der Waals surface area contributed by atoms with Crippen molar-refractivity contribution in [2.75, 3.05) is 0 Å². The second kappa shape index (κ2) is 4.07. The number of carboxylic acids is 1. The molecule has 13 heavy (non-hydrogen) atoms. The molecule has 2 atom stereocenters. The Morgan fingerprint density at radius 2 is 2.15 bits per heavy atom. The van der Waals surface area contributed by atoms with Crippen LogP contribution in [0.3, 0.4) is 0 Å². The Bertz CT molecular complexity index is 237. The van der Waals surface area contributed by atoms with Gasteiger partial charge in [0.1, 0.15) is 0 Å². The number of hydrogen-bond donors (Lipinski definition) is 2. The van der Waals surface area contributed by atoms with Crippen LogP contribution < -0.4 is 5.32 Å². The highest BCUT2D eigenvalue weighted by Gasteiger charge is 2.29. The molecule has 2 N–H and O–H groups in total. The second-order valence-electron chi connectivity index (χ2n) is 3.26. The van der Waals surface area contributed by atoms with E-state index in [0.29, 0.717) is 12.8 Å². The molecule has 0 heterocycles. The molecule has 0 spiro atoms. The molecule has 0 aromatic carbocycles. The molecule has 4 heteroatoms. The lowest BCUT2D eigenvalue weighted by atomic mass is 10.1. The summed E-state index contributed by atoms with van der Waals surface area (Å²) < 4.78 is 0. The van der Waals surface area contributed by atoms with Crippen LogP contribution in [0.1, 0.15) is 19.3 Å². The summed E-state index contributed by atoms with van der Waals surface area (Å²) in [5.74, 6) is -1.29. The first-order valence-corrected chi connectivity index (χ1v) is 4.29. The van der Waals surface area contributed by atoms with E-state index >= 15 is 0 Å². The third-order valence-corrected chi connectivity index (χ3v) is 2.31. The minimum absolute atomic E-state index is 0.00611. The second-order valence-corrected chi connectivity index (χ2v) is 3.26. The maximum absolute atomic E-state index is 10.9. The molecule has 1 aliphatic rings. The molecular formula is C9H13NO3. The molecule has 1 amide bonds. The summed E-state index contributed by atoms with van der Waals surface area (Å²) in [7, 11) is 0. The molecule has 4 nitrogen and oxygen atoms in total. The van der Waals surface area contributed by atoms with Crippen LogP contribution in [0.15, 0.2) is 12.7 Å². The Kier molecular flexibility index (Phi) is 3.06. The number of carboxylic acid groups (broad SMARTS) is 1. The van der Waals surface area contributed by atoms with Gasteiger partial charge in [-0.25, -0.2) is 0 Å². The van der Waals surface area contributed by atoms with Crippen molar-refractivity contribution in [1.82, 2.24) is 5.32 Å². The van der Waals surface area contributed by atoms with Crippen molar-refractivity contribution >= 4 is 11.9 Å². The van der Waals surface area contributed by atoms with E-state index in [1.54, 1.807) is 0 Å². The van der Waals surface area contributed by atoms with Gasteiger partial charge in [-0.05, 0) is 25.3 Å². The summed E-state index contributed by atoms with van der Waals surface area (Å²) in [6.07, 6.45) is 3.14. The molecule has 2 unspecified atom stereocenters. The van der Waals surface area contributed by atoms with Crippen LogP contribution in [0.2, 0.25) is 0 Å². The number of hydrogen-bond acceptors (Lipinski definition) is 2. The fraction of sp³-hybridized carbons (Fsp3) is 0.556.